The number of phenols is 1. The molecule has 0 aromatic heterocycles. The van der Waals surface area contributed by atoms with E-state index in [1.54, 1.807) is 18.3 Å². The van der Waals surface area contributed by atoms with Crippen molar-refractivity contribution >= 4 is 6.21 Å². The van der Waals surface area contributed by atoms with E-state index < -0.39 is 0 Å². The molecule has 0 fully saturated rings. The first-order valence-electron chi connectivity index (χ1n) is 7.17. The fraction of sp³-hybridized carbons (Fsp3) is 0.278. The lowest BCUT2D eigenvalue weighted by atomic mass is 10.1. The monoisotopic (exact) mass is 299 g/mol. The topological polar surface area (TPSA) is 51.0 Å². The Kier molecular flexibility index (Phi) is 5.42. The number of hydrogen-bond donors (Lipinski definition) is 1. The van der Waals surface area contributed by atoms with E-state index >= 15 is 0 Å². The van der Waals surface area contributed by atoms with Crippen molar-refractivity contribution < 1.29 is 14.6 Å². The van der Waals surface area contributed by atoms with Crippen LogP contribution in [0.25, 0.3) is 0 Å². The van der Waals surface area contributed by atoms with Gasteiger partial charge in [-0.25, -0.2) is 0 Å². The molecule has 0 atom stereocenters. The van der Waals surface area contributed by atoms with Crippen LogP contribution >= 0.6 is 0 Å². The number of aliphatic imine (C=N–C) groups is 1. The van der Waals surface area contributed by atoms with Crippen LogP contribution in [-0.2, 0) is 0 Å². The molecule has 0 aliphatic carbocycles. The van der Waals surface area contributed by atoms with E-state index in [-0.39, 0.29) is 5.75 Å². The average Bonchev–Trinajstić information content (AvgIpc) is 2.50. The minimum Gasteiger partial charge on any atom is -0.504 e. The number of rotatable bonds is 6. The number of phenolic OH excluding ortho intramolecular Hbond substituents is 1. The SMILES string of the molecule is COc1cccc(C=NCCOc2ccc(C)cc2C)c1O. The van der Waals surface area contributed by atoms with Crippen molar-refractivity contribution in [3.8, 4) is 17.2 Å². The lowest BCUT2D eigenvalue weighted by molar-refractivity contribution is 0.326. The smallest absolute Gasteiger partial charge is 0.166 e. The molecule has 0 saturated heterocycles. The normalized spacial score (nSPS) is 10.9. The molecule has 116 valence electrons. The zero-order valence-electron chi connectivity index (χ0n) is 13.2. The Balaban J connectivity index is 1.88. The van der Waals surface area contributed by atoms with Crippen molar-refractivity contribution in [1.29, 1.82) is 0 Å². The third-order valence-electron chi connectivity index (χ3n) is 3.29. The number of ether oxygens (including phenoxy) is 2. The Bertz CT molecular complexity index is 665. The van der Waals surface area contributed by atoms with Gasteiger partial charge in [0, 0.05) is 11.8 Å². The minimum atomic E-state index is 0.101. The summed E-state index contributed by atoms with van der Waals surface area (Å²) in [6, 6.07) is 11.4. The molecule has 0 radical (unpaired) electrons. The summed E-state index contributed by atoms with van der Waals surface area (Å²) in [5, 5.41) is 9.94. The van der Waals surface area contributed by atoms with Gasteiger partial charge < -0.3 is 14.6 Å². The van der Waals surface area contributed by atoms with E-state index in [9.17, 15) is 5.11 Å². The van der Waals surface area contributed by atoms with Crippen LogP contribution in [0.1, 0.15) is 16.7 Å². The Hall–Kier alpha value is -2.49. The number of nitrogens with zero attached hydrogens (tertiary/aromatic N) is 1. The zero-order valence-corrected chi connectivity index (χ0v) is 13.2. The van der Waals surface area contributed by atoms with Crippen LogP contribution in [0.3, 0.4) is 0 Å². The Morgan fingerprint density at radius 2 is 1.95 bits per heavy atom. The summed E-state index contributed by atoms with van der Waals surface area (Å²) in [6.45, 7) is 5.09. The lowest BCUT2D eigenvalue weighted by Gasteiger charge is -2.08. The number of methoxy groups -OCH3 is 1. The fourth-order valence-corrected chi connectivity index (χ4v) is 2.14. The first kappa shape index (κ1) is 15.9. The average molecular weight is 299 g/mol. The number of para-hydroxylation sites is 1. The lowest BCUT2D eigenvalue weighted by Crippen LogP contribution is -2.02. The molecule has 0 aliphatic rings. The summed E-state index contributed by atoms with van der Waals surface area (Å²) < 4.78 is 10.8. The molecule has 0 saturated carbocycles. The minimum absolute atomic E-state index is 0.101. The van der Waals surface area contributed by atoms with Gasteiger partial charge >= 0.3 is 0 Å². The van der Waals surface area contributed by atoms with E-state index in [0.717, 1.165) is 11.3 Å². The van der Waals surface area contributed by atoms with Crippen LogP contribution in [-0.4, -0.2) is 31.6 Å². The molecule has 0 heterocycles. The van der Waals surface area contributed by atoms with Crippen LogP contribution in [0.15, 0.2) is 41.4 Å². The van der Waals surface area contributed by atoms with Gasteiger partial charge in [-0.2, -0.15) is 0 Å². The van der Waals surface area contributed by atoms with E-state index in [1.165, 1.54) is 12.7 Å². The maximum atomic E-state index is 9.94. The molecular weight excluding hydrogens is 278 g/mol. The van der Waals surface area contributed by atoms with Crippen LogP contribution < -0.4 is 9.47 Å². The standard InChI is InChI=1S/C18H21NO3/c1-13-7-8-16(14(2)11-13)22-10-9-19-12-15-5-4-6-17(21-3)18(15)20/h4-8,11-12,20H,9-10H2,1-3H3. The van der Waals surface area contributed by atoms with Gasteiger partial charge in [-0.15, -0.1) is 0 Å². The Morgan fingerprint density at radius 3 is 2.68 bits per heavy atom. The third-order valence-corrected chi connectivity index (χ3v) is 3.29. The maximum Gasteiger partial charge on any atom is 0.166 e. The van der Waals surface area contributed by atoms with Crippen LogP contribution in [0, 0.1) is 13.8 Å². The van der Waals surface area contributed by atoms with E-state index in [4.69, 9.17) is 9.47 Å². The molecule has 1 N–H and O–H groups in total. The van der Waals surface area contributed by atoms with Gasteiger partial charge in [0.2, 0.25) is 0 Å². The van der Waals surface area contributed by atoms with Gasteiger partial charge in [0.25, 0.3) is 0 Å². The molecule has 0 amide bonds. The van der Waals surface area contributed by atoms with Crippen molar-refractivity contribution in [3.63, 3.8) is 0 Å². The number of hydrogen-bond acceptors (Lipinski definition) is 4. The van der Waals surface area contributed by atoms with Gasteiger partial charge in [-0.1, -0.05) is 23.8 Å². The van der Waals surface area contributed by atoms with E-state index in [0.29, 0.717) is 24.5 Å². The number of aryl methyl sites for hydroxylation is 2. The number of aromatic hydroxyl groups is 1. The summed E-state index contributed by atoms with van der Waals surface area (Å²) in [5.41, 5.74) is 2.97. The highest BCUT2D eigenvalue weighted by molar-refractivity contribution is 5.84. The van der Waals surface area contributed by atoms with Crippen LogP contribution in [0.4, 0.5) is 0 Å². The molecule has 4 nitrogen and oxygen atoms in total. The Morgan fingerprint density at radius 1 is 1.14 bits per heavy atom. The summed E-state index contributed by atoms with van der Waals surface area (Å²) in [6.07, 6.45) is 1.63. The molecule has 0 unspecified atom stereocenters. The van der Waals surface area contributed by atoms with Gasteiger partial charge in [-0.05, 0) is 37.6 Å². The van der Waals surface area contributed by atoms with Crippen molar-refractivity contribution in [1.82, 2.24) is 0 Å². The molecule has 0 bridgehead atoms. The predicted octanol–water partition coefficient (Wildman–Crippen LogP) is 3.52. The highest BCUT2D eigenvalue weighted by Crippen LogP contribution is 2.28. The predicted molar refractivity (Wildman–Crippen MR) is 88.5 cm³/mol. The molecule has 2 aromatic rings. The molecular formula is C18H21NO3. The maximum absolute atomic E-state index is 9.94. The van der Waals surface area contributed by atoms with Crippen LogP contribution in [0.5, 0.6) is 17.2 Å². The largest absolute Gasteiger partial charge is 0.504 e. The van der Waals surface area contributed by atoms with Crippen molar-refractivity contribution in [2.24, 2.45) is 4.99 Å². The van der Waals surface area contributed by atoms with Gasteiger partial charge in [-0.3, -0.25) is 4.99 Å². The van der Waals surface area contributed by atoms with E-state index in [1.807, 2.05) is 25.1 Å². The van der Waals surface area contributed by atoms with Gasteiger partial charge in [0.1, 0.15) is 12.4 Å². The Labute approximate surface area is 131 Å². The summed E-state index contributed by atoms with van der Waals surface area (Å²) in [7, 11) is 1.52. The third kappa shape index (κ3) is 4.01. The first-order chi connectivity index (χ1) is 10.6. The first-order valence-corrected chi connectivity index (χ1v) is 7.17. The van der Waals surface area contributed by atoms with E-state index in [2.05, 4.69) is 18.0 Å². The second-order valence-corrected chi connectivity index (χ2v) is 5.05. The molecule has 2 aromatic carbocycles. The molecule has 2 rings (SSSR count). The van der Waals surface area contributed by atoms with Crippen molar-refractivity contribution in [2.75, 3.05) is 20.3 Å². The summed E-state index contributed by atoms with van der Waals surface area (Å²) in [5.74, 6) is 1.42. The quantitative estimate of drug-likeness (QED) is 0.656. The summed E-state index contributed by atoms with van der Waals surface area (Å²) >= 11 is 0. The molecule has 0 aliphatic heterocycles. The summed E-state index contributed by atoms with van der Waals surface area (Å²) in [4.78, 5) is 4.27. The molecule has 22 heavy (non-hydrogen) atoms. The van der Waals surface area contributed by atoms with Crippen LogP contribution in [0.2, 0.25) is 0 Å². The number of benzene rings is 2. The molecule has 4 heteroatoms. The molecule has 0 spiro atoms. The van der Waals surface area contributed by atoms with Crippen molar-refractivity contribution in [2.45, 2.75) is 13.8 Å². The van der Waals surface area contributed by atoms with Gasteiger partial charge in [0.05, 0.1) is 13.7 Å². The second kappa shape index (κ2) is 7.50. The second-order valence-electron chi connectivity index (χ2n) is 5.05. The highest BCUT2D eigenvalue weighted by Gasteiger charge is 2.04. The fourth-order valence-electron chi connectivity index (χ4n) is 2.14. The van der Waals surface area contributed by atoms with Gasteiger partial charge in [0.15, 0.2) is 11.5 Å². The zero-order chi connectivity index (χ0) is 15.9. The highest BCUT2D eigenvalue weighted by atomic mass is 16.5. The van der Waals surface area contributed by atoms with Crippen molar-refractivity contribution in [3.05, 3.63) is 53.1 Å².